The van der Waals surface area contributed by atoms with Gasteiger partial charge in [0.1, 0.15) is 6.04 Å². The molecule has 2 rings (SSSR count). The Labute approximate surface area is 204 Å². The number of hydrogen-bond acceptors (Lipinski definition) is 2. The Morgan fingerprint density at radius 2 is 1.70 bits per heavy atom. The van der Waals surface area contributed by atoms with Crippen LogP contribution in [0.3, 0.4) is 0 Å². The molecule has 0 bridgehead atoms. The zero-order chi connectivity index (χ0) is 24.4. The molecule has 0 fully saturated rings. The zero-order valence-corrected chi connectivity index (χ0v) is 21.5. The first-order valence-electron chi connectivity index (χ1n) is 12.1. The lowest BCUT2D eigenvalue weighted by atomic mass is 9.86. The van der Waals surface area contributed by atoms with Crippen molar-refractivity contribution >= 4 is 23.4 Å². The van der Waals surface area contributed by atoms with Crippen molar-refractivity contribution in [3.8, 4) is 0 Å². The molecule has 0 aliphatic rings. The van der Waals surface area contributed by atoms with Crippen molar-refractivity contribution in [2.24, 2.45) is 0 Å². The van der Waals surface area contributed by atoms with Gasteiger partial charge in [-0.25, -0.2) is 0 Å². The second kappa shape index (κ2) is 12.8. The summed E-state index contributed by atoms with van der Waals surface area (Å²) in [7, 11) is 0. The topological polar surface area (TPSA) is 49.4 Å². The molecule has 0 aromatic heterocycles. The largest absolute Gasteiger partial charge is 0.354 e. The Morgan fingerprint density at radius 1 is 1.03 bits per heavy atom. The van der Waals surface area contributed by atoms with Gasteiger partial charge in [0.2, 0.25) is 11.8 Å². The van der Waals surface area contributed by atoms with Gasteiger partial charge in [-0.15, -0.1) is 0 Å². The van der Waals surface area contributed by atoms with E-state index in [-0.39, 0.29) is 17.2 Å². The van der Waals surface area contributed by atoms with Crippen molar-refractivity contribution in [2.45, 2.75) is 84.7 Å². The molecule has 0 aliphatic carbocycles. The Morgan fingerprint density at radius 3 is 2.27 bits per heavy atom. The number of hydrogen-bond donors (Lipinski definition) is 1. The van der Waals surface area contributed by atoms with Crippen LogP contribution in [0.1, 0.15) is 77.0 Å². The molecule has 0 saturated carbocycles. The average molecular weight is 471 g/mol. The fourth-order valence-electron chi connectivity index (χ4n) is 3.80. The van der Waals surface area contributed by atoms with Crippen molar-refractivity contribution in [2.75, 3.05) is 6.54 Å². The lowest BCUT2D eigenvalue weighted by molar-refractivity contribution is -0.141. The van der Waals surface area contributed by atoms with Gasteiger partial charge in [0.15, 0.2) is 0 Å². The maximum atomic E-state index is 13.4. The van der Waals surface area contributed by atoms with Crippen LogP contribution in [0, 0.1) is 0 Å². The molecule has 180 valence electrons. The summed E-state index contributed by atoms with van der Waals surface area (Å²) in [5, 5.41) is 3.60. The van der Waals surface area contributed by atoms with E-state index in [1.807, 2.05) is 31.2 Å². The van der Waals surface area contributed by atoms with Gasteiger partial charge in [0, 0.05) is 24.5 Å². The number of aryl methyl sites for hydroxylation is 1. The normalized spacial score (nSPS) is 12.3. The number of nitrogens with one attached hydrogen (secondary N) is 1. The van der Waals surface area contributed by atoms with Crippen LogP contribution in [-0.4, -0.2) is 29.3 Å². The van der Waals surface area contributed by atoms with Gasteiger partial charge in [-0.3, -0.25) is 9.59 Å². The predicted octanol–water partition coefficient (Wildman–Crippen LogP) is 6.29. The molecule has 4 nitrogen and oxygen atoms in total. The lowest BCUT2D eigenvalue weighted by Crippen LogP contribution is -2.49. The highest BCUT2D eigenvalue weighted by Crippen LogP contribution is 2.23. The molecular formula is C28H39ClN2O2. The van der Waals surface area contributed by atoms with Gasteiger partial charge in [-0.1, -0.05) is 95.1 Å². The summed E-state index contributed by atoms with van der Waals surface area (Å²) in [6.07, 6.45) is 3.46. The van der Waals surface area contributed by atoms with Crippen molar-refractivity contribution in [3.63, 3.8) is 0 Å². The monoisotopic (exact) mass is 470 g/mol. The van der Waals surface area contributed by atoms with Gasteiger partial charge >= 0.3 is 0 Å². The Balaban J connectivity index is 2.17. The molecule has 1 N–H and O–H groups in total. The molecule has 0 aliphatic heterocycles. The van der Waals surface area contributed by atoms with E-state index in [0.29, 0.717) is 37.4 Å². The van der Waals surface area contributed by atoms with Gasteiger partial charge in [0.25, 0.3) is 0 Å². The first-order chi connectivity index (χ1) is 15.7. The van der Waals surface area contributed by atoms with E-state index in [1.165, 1.54) is 5.56 Å². The van der Waals surface area contributed by atoms with Gasteiger partial charge < -0.3 is 10.2 Å². The number of benzene rings is 2. The Hall–Kier alpha value is -2.33. The summed E-state index contributed by atoms with van der Waals surface area (Å²) in [5.41, 5.74) is 3.34. The number of nitrogens with zero attached hydrogens (tertiary/aromatic N) is 1. The van der Waals surface area contributed by atoms with E-state index in [0.717, 1.165) is 24.0 Å². The third-order valence-corrected chi connectivity index (χ3v) is 6.33. The average Bonchev–Trinajstić information content (AvgIpc) is 2.78. The third kappa shape index (κ3) is 8.19. The maximum absolute atomic E-state index is 13.4. The highest BCUT2D eigenvalue weighted by atomic mass is 35.5. The van der Waals surface area contributed by atoms with Crippen LogP contribution in [0.5, 0.6) is 0 Å². The predicted molar refractivity (Wildman–Crippen MR) is 137 cm³/mol. The number of rotatable bonds is 11. The molecule has 5 heteroatoms. The summed E-state index contributed by atoms with van der Waals surface area (Å²) in [4.78, 5) is 28.0. The molecule has 0 heterocycles. The molecule has 2 amide bonds. The standard InChI is InChI=1S/C28H39ClN2O2/c1-6-8-19-30-27(33)25(7-2)31(20-22-11-9-10-12-24(22)29)26(32)18-15-21-13-16-23(17-14-21)28(3,4)5/h9-14,16-17,25H,6-8,15,18-20H2,1-5H3,(H,30,33)/t25-/m0/s1. The van der Waals surface area contributed by atoms with Crippen molar-refractivity contribution in [3.05, 3.63) is 70.2 Å². The lowest BCUT2D eigenvalue weighted by Gasteiger charge is -2.31. The van der Waals surface area contributed by atoms with E-state index in [9.17, 15) is 9.59 Å². The van der Waals surface area contributed by atoms with Crippen molar-refractivity contribution in [1.29, 1.82) is 0 Å². The van der Waals surface area contributed by atoms with Crippen LogP contribution in [0.2, 0.25) is 5.02 Å². The number of halogens is 1. The van der Waals surface area contributed by atoms with Crippen LogP contribution in [0.15, 0.2) is 48.5 Å². The fourth-order valence-corrected chi connectivity index (χ4v) is 4.00. The number of carbonyl (C=O) groups excluding carboxylic acids is 2. The van der Waals surface area contributed by atoms with Gasteiger partial charge in [-0.05, 0) is 47.4 Å². The second-order valence-corrected chi connectivity index (χ2v) is 10.0. The third-order valence-electron chi connectivity index (χ3n) is 5.96. The van der Waals surface area contributed by atoms with Crippen LogP contribution in [0.25, 0.3) is 0 Å². The first kappa shape index (κ1) is 26.9. The highest BCUT2D eigenvalue weighted by Gasteiger charge is 2.28. The first-order valence-corrected chi connectivity index (χ1v) is 12.4. The molecule has 0 radical (unpaired) electrons. The minimum Gasteiger partial charge on any atom is -0.354 e. The summed E-state index contributed by atoms with van der Waals surface area (Å²) in [5.74, 6) is -0.131. The summed E-state index contributed by atoms with van der Waals surface area (Å²) < 4.78 is 0. The zero-order valence-electron chi connectivity index (χ0n) is 20.8. The summed E-state index contributed by atoms with van der Waals surface area (Å²) >= 11 is 6.39. The van der Waals surface area contributed by atoms with E-state index < -0.39 is 6.04 Å². The number of carbonyl (C=O) groups is 2. The van der Waals surface area contributed by atoms with Crippen LogP contribution in [-0.2, 0) is 28.0 Å². The SMILES string of the molecule is CCCCNC(=O)[C@H](CC)N(Cc1ccccc1Cl)C(=O)CCc1ccc(C(C)(C)C)cc1. The second-order valence-electron chi connectivity index (χ2n) is 9.63. The van der Waals surface area contributed by atoms with E-state index >= 15 is 0 Å². The molecule has 0 saturated heterocycles. The van der Waals surface area contributed by atoms with Crippen molar-refractivity contribution < 1.29 is 9.59 Å². The smallest absolute Gasteiger partial charge is 0.242 e. The van der Waals surface area contributed by atoms with Crippen molar-refractivity contribution in [1.82, 2.24) is 10.2 Å². The van der Waals surface area contributed by atoms with Crippen LogP contribution >= 0.6 is 11.6 Å². The van der Waals surface area contributed by atoms with E-state index in [1.54, 1.807) is 4.90 Å². The molecular weight excluding hydrogens is 432 g/mol. The van der Waals surface area contributed by atoms with Crippen LogP contribution in [0.4, 0.5) is 0 Å². The Kier molecular flexibility index (Phi) is 10.4. The molecule has 2 aromatic rings. The minimum absolute atomic E-state index is 0.0349. The quantitative estimate of drug-likeness (QED) is 0.392. The highest BCUT2D eigenvalue weighted by molar-refractivity contribution is 6.31. The summed E-state index contributed by atoms with van der Waals surface area (Å²) in [6, 6.07) is 15.5. The molecule has 1 atom stereocenters. The molecule has 0 spiro atoms. The van der Waals surface area contributed by atoms with Crippen LogP contribution < -0.4 is 5.32 Å². The van der Waals surface area contributed by atoms with Gasteiger partial charge in [-0.2, -0.15) is 0 Å². The maximum Gasteiger partial charge on any atom is 0.242 e. The number of amides is 2. The van der Waals surface area contributed by atoms with Gasteiger partial charge in [0.05, 0.1) is 0 Å². The minimum atomic E-state index is -0.520. The molecule has 0 unspecified atom stereocenters. The van der Waals surface area contributed by atoms with E-state index in [4.69, 9.17) is 11.6 Å². The number of unbranched alkanes of at least 4 members (excludes halogenated alkanes) is 1. The molecule has 33 heavy (non-hydrogen) atoms. The van der Waals surface area contributed by atoms with E-state index in [2.05, 4.69) is 57.3 Å². The molecule has 2 aromatic carbocycles. The summed E-state index contributed by atoms with van der Waals surface area (Å²) in [6.45, 7) is 11.5. The Bertz CT molecular complexity index is 903. The fraction of sp³-hybridized carbons (Fsp3) is 0.500.